The molecule has 0 N–H and O–H groups in total. The number of hydrogen-bond acceptors (Lipinski definition) is 5. The Balaban J connectivity index is 1.39. The van der Waals surface area contributed by atoms with Gasteiger partial charge in [-0.05, 0) is 56.2 Å². The molecule has 0 bridgehead atoms. The molecule has 2 aromatic rings. The topological polar surface area (TPSA) is 95.1 Å². The van der Waals surface area contributed by atoms with Gasteiger partial charge in [-0.25, -0.2) is 16.8 Å². The predicted molar refractivity (Wildman–Crippen MR) is 129 cm³/mol. The van der Waals surface area contributed by atoms with Crippen LogP contribution in [0, 0.1) is 12.8 Å². The average molecular weight is 526 g/mol. The molecule has 0 saturated carbocycles. The monoisotopic (exact) mass is 525 g/mol. The number of carbonyl (C=O) groups excluding carboxylic acids is 1. The van der Waals surface area contributed by atoms with Crippen molar-refractivity contribution >= 4 is 37.6 Å². The Kier molecular flexibility index (Phi) is 7.35. The van der Waals surface area contributed by atoms with Gasteiger partial charge in [-0.3, -0.25) is 4.79 Å². The molecule has 0 radical (unpaired) electrons. The SMILES string of the molecule is Cc1ccc(S(=O)(=O)N2CCN(C(=O)[C@@H]3CCCN(S(=O)(=O)c4ccc(Cl)cc4)C3)CC2)cc1. The molecule has 1 atom stereocenters. The fraction of sp³-hybridized carbons (Fsp3) is 0.435. The third-order valence-corrected chi connectivity index (χ3v) is 10.4. The van der Waals surface area contributed by atoms with Gasteiger partial charge in [0.1, 0.15) is 0 Å². The molecule has 2 aliphatic rings. The lowest BCUT2D eigenvalue weighted by Gasteiger charge is -2.38. The minimum atomic E-state index is -3.72. The van der Waals surface area contributed by atoms with Crippen LogP contribution < -0.4 is 0 Å². The number of rotatable bonds is 5. The Morgan fingerprint density at radius 3 is 1.91 bits per heavy atom. The zero-order valence-electron chi connectivity index (χ0n) is 18.9. The Labute approximate surface area is 206 Å². The number of nitrogens with zero attached hydrogens (tertiary/aromatic N) is 3. The van der Waals surface area contributed by atoms with Crippen molar-refractivity contribution in [3.8, 4) is 0 Å². The summed E-state index contributed by atoms with van der Waals surface area (Å²) >= 11 is 5.88. The summed E-state index contributed by atoms with van der Waals surface area (Å²) in [6.07, 6.45) is 1.19. The molecule has 8 nitrogen and oxygen atoms in total. The summed E-state index contributed by atoms with van der Waals surface area (Å²) in [6, 6.07) is 12.7. The van der Waals surface area contributed by atoms with Crippen LogP contribution in [-0.2, 0) is 24.8 Å². The molecule has 11 heteroatoms. The van der Waals surface area contributed by atoms with E-state index in [9.17, 15) is 21.6 Å². The first kappa shape index (κ1) is 25.1. The van der Waals surface area contributed by atoms with E-state index in [1.54, 1.807) is 29.2 Å². The smallest absolute Gasteiger partial charge is 0.243 e. The van der Waals surface area contributed by atoms with Crippen molar-refractivity contribution in [1.29, 1.82) is 0 Å². The molecule has 0 unspecified atom stereocenters. The van der Waals surface area contributed by atoms with Crippen LogP contribution in [0.15, 0.2) is 58.3 Å². The fourth-order valence-corrected chi connectivity index (χ4v) is 7.46. The van der Waals surface area contributed by atoms with Gasteiger partial charge >= 0.3 is 0 Å². The molecule has 0 spiro atoms. The molecule has 4 rings (SSSR count). The van der Waals surface area contributed by atoms with Gasteiger partial charge < -0.3 is 4.90 Å². The molecule has 184 valence electrons. The van der Waals surface area contributed by atoms with Gasteiger partial charge in [-0.15, -0.1) is 0 Å². The number of piperidine rings is 1. The van der Waals surface area contributed by atoms with Crippen LogP contribution in [-0.4, -0.2) is 75.5 Å². The van der Waals surface area contributed by atoms with E-state index in [0.717, 1.165) is 5.56 Å². The lowest BCUT2D eigenvalue weighted by Crippen LogP contribution is -2.54. The van der Waals surface area contributed by atoms with Gasteiger partial charge in [0.2, 0.25) is 26.0 Å². The number of sulfonamides is 2. The normalized spacial score (nSPS) is 20.9. The van der Waals surface area contributed by atoms with Crippen molar-refractivity contribution in [2.45, 2.75) is 29.6 Å². The quantitative estimate of drug-likeness (QED) is 0.598. The minimum Gasteiger partial charge on any atom is -0.340 e. The molecule has 2 fully saturated rings. The Morgan fingerprint density at radius 2 is 1.32 bits per heavy atom. The summed E-state index contributed by atoms with van der Waals surface area (Å²) < 4.78 is 54.7. The standard InChI is InChI=1S/C23H28ClN3O5S2/c1-18-4-8-21(9-5-18)33(29,30)26-15-13-25(14-16-26)23(28)19-3-2-12-27(17-19)34(31,32)22-10-6-20(24)7-11-22/h4-11,19H,2-3,12-17H2,1H3/t19-/m1/s1. The van der Waals surface area contributed by atoms with E-state index in [4.69, 9.17) is 11.6 Å². The summed E-state index contributed by atoms with van der Waals surface area (Å²) in [4.78, 5) is 15.2. The van der Waals surface area contributed by atoms with Gasteiger partial charge in [-0.1, -0.05) is 29.3 Å². The lowest BCUT2D eigenvalue weighted by atomic mass is 9.98. The summed E-state index contributed by atoms with van der Waals surface area (Å²) in [5.74, 6) is -0.570. The molecule has 2 aliphatic heterocycles. The number of carbonyl (C=O) groups is 1. The van der Waals surface area contributed by atoms with E-state index in [1.165, 1.54) is 32.9 Å². The van der Waals surface area contributed by atoms with Crippen LogP contribution in [0.1, 0.15) is 18.4 Å². The number of piperazine rings is 1. The minimum absolute atomic E-state index is 0.117. The Bertz CT molecular complexity index is 1240. The first-order valence-electron chi connectivity index (χ1n) is 11.2. The average Bonchev–Trinajstić information content (AvgIpc) is 2.84. The molecule has 2 aromatic carbocycles. The number of aryl methyl sites for hydroxylation is 1. The van der Waals surface area contributed by atoms with Crippen molar-refractivity contribution in [3.05, 3.63) is 59.1 Å². The largest absolute Gasteiger partial charge is 0.340 e. The van der Waals surface area contributed by atoms with Crippen LogP contribution in [0.25, 0.3) is 0 Å². The fourth-order valence-electron chi connectivity index (χ4n) is 4.38. The predicted octanol–water partition coefficient (Wildman–Crippen LogP) is 2.58. The van der Waals surface area contributed by atoms with Gasteiger partial charge in [0.25, 0.3) is 0 Å². The highest BCUT2D eigenvalue weighted by Crippen LogP contribution is 2.27. The van der Waals surface area contributed by atoms with Gasteiger partial charge in [-0.2, -0.15) is 8.61 Å². The molecule has 2 heterocycles. The van der Waals surface area contributed by atoms with Crippen molar-refractivity contribution in [3.63, 3.8) is 0 Å². The van der Waals surface area contributed by atoms with E-state index in [2.05, 4.69) is 0 Å². The van der Waals surface area contributed by atoms with Gasteiger partial charge in [0.15, 0.2) is 0 Å². The zero-order valence-corrected chi connectivity index (χ0v) is 21.3. The van der Waals surface area contributed by atoms with E-state index in [-0.39, 0.29) is 48.4 Å². The number of halogens is 1. The molecule has 34 heavy (non-hydrogen) atoms. The highest BCUT2D eigenvalue weighted by atomic mass is 35.5. The molecular formula is C23H28ClN3O5S2. The van der Waals surface area contributed by atoms with Crippen LogP contribution in [0.2, 0.25) is 5.02 Å². The van der Waals surface area contributed by atoms with Crippen LogP contribution in [0.3, 0.4) is 0 Å². The molecule has 0 aromatic heterocycles. The third kappa shape index (κ3) is 5.16. The maximum atomic E-state index is 13.2. The third-order valence-electron chi connectivity index (χ3n) is 6.39. The second kappa shape index (κ2) is 9.94. The van der Waals surface area contributed by atoms with Crippen LogP contribution in [0.5, 0.6) is 0 Å². The van der Waals surface area contributed by atoms with Crippen molar-refractivity contribution in [2.24, 2.45) is 5.92 Å². The van der Waals surface area contributed by atoms with Crippen LogP contribution >= 0.6 is 11.6 Å². The van der Waals surface area contributed by atoms with E-state index < -0.39 is 26.0 Å². The summed E-state index contributed by atoms with van der Waals surface area (Å²) in [5, 5.41) is 0.453. The van der Waals surface area contributed by atoms with E-state index >= 15 is 0 Å². The molecule has 0 aliphatic carbocycles. The van der Waals surface area contributed by atoms with Gasteiger partial charge in [0, 0.05) is 44.3 Å². The number of benzene rings is 2. The van der Waals surface area contributed by atoms with Crippen molar-refractivity contribution in [1.82, 2.24) is 13.5 Å². The molecule has 1 amide bonds. The highest BCUT2D eigenvalue weighted by Gasteiger charge is 2.37. The number of amides is 1. The summed E-state index contributed by atoms with van der Waals surface area (Å²) in [5.41, 5.74) is 0.981. The maximum absolute atomic E-state index is 13.2. The van der Waals surface area contributed by atoms with Crippen molar-refractivity contribution < 1.29 is 21.6 Å². The highest BCUT2D eigenvalue weighted by molar-refractivity contribution is 7.89. The Morgan fingerprint density at radius 1 is 0.794 bits per heavy atom. The molecule has 2 saturated heterocycles. The first-order valence-corrected chi connectivity index (χ1v) is 14.5. The van der Waals surface area contributed by atoms with Crippen molar-refractivity contribution in [2.75, 3.05) is 39.3 Å². The Hall–Kier alpha value is -1.98. The summed E-state index contributed by atoms with van der Waals surface area (Å²) in [7, 11) is -7.34. The lowest BCUT2D eigenvalue weighted by molar-refractivity contribution is -0.137. The van der Waals surface area contributed by atoms with E-state index in [0.29, 0.717) is 24.4 Å². The number of hydrogen-bond donors (Lipinski definition) is 0. The zero-order chi connectivity index (χ0) is 24.5. The van der Waals surface area contributed by atoms with Crippen LogP contribution in [0.4, 0.5) is 0 Å². The first-order chi connectivity index (χ1) is 16.1. The molecular weight excluding hydrogens is 498 g/mol. The summed E-state index contributed by atoms with van der Waals surface area (Å²) in [6.45, 7) is 3.36. The maximum Gasteiger partial charge on any atom is 0.243 e. The second-order valence-corrected chi connectivity index (χ2v) is 13.0. The van der Waals surface area contributed by atoms with E-state index in [1.807, 2.05) is 6.92 Å². The second-order valence-electron chi connectivity index (χ2n) is 8.70. The van der Waals surface area contributed by atoms with Gasteiger partial charge in [0.05, 0.1) is 15.7 Å².